The first-order valence-electron chi connectivity index (χ1n) is 11.5. The molecular formula is C29H33OP. The molecule has 3 atom stereocenters. The molecule has 3 aromatic carbocycles. The SMILES string of the molecule is CC.CCC1OP(c2ccccc2)(c2ccccc2)(c2ccccc2)C2C=CC=C[C@H]12. The van der Waals surface area contributed by atoms with E-state index in [9.17, 15) is 0 Å². The van der Waals surface area contributed by atoms with Crippen LogP contribution in [0, 0.1) is 5.92 Å². The van der Waals surface area contributed by atoms with E-state index in [1.54, 1.807) is 0 Å². The van der Waals surface area contributed by atoms with Gasteiger partial charge in [-0.05, 0) is 0 Å². The molecular weight excluding hydrogens is 395 g/mol. The van der Waals surface area contributed by atoms with Crippen molar-refractivity contribution >= 4 is 22.7 Å². The zero-order valence-electron chi connectivity index (χ0n) is 18.8. The third-order valence-electron chi connectivity index (χ3n) is 6.71. The number of allylic oxidation sites excluding steroid dienone is 3. The molecule has 0 amide bonds. The molecule has 0 bridgehead atoms. The van der Waals surface area contributed by atoms with Gasteiger partial charge in [-0.1, -0.05) is 13.8 Å². The van der Waals surface area contributed by atoms with Gasteiger partial charge in [0.15, 0.2) is 0 Å². The Hall–Kier alpha value is -2.47. The van der Waals surface area contributed by atoms with Crippen molar-refractivity contribution in [2.24, 2.45) is 5.92 Å². The molecule has 2 unspecified atom stereocenters. The molecule has 160 valence electrons. The molecule has 1 saturated heterocycles. The van der Waals surface area contributed by atoms with Crippen molar-refractivity contribution in [3.8, 4) is 0 Å². The van der Waals surface area contributed by atoms with Gasteiger partial charge in [0.05, 0.1) is 0 Å². The molecule has 0 N–H and O–H groups in total. The van der Waals surface area contributed by atoms with Crippen LogP contribution < -0.4 is 15.9 Å². The zero-order valence-corrected chi connectivity index (χ0v) is 19.7. The molecule has 0 spiro atoms. The van der Waals surface area contributed by atoms with Gasteiger partial charge in [-0.15, -0.1) is 0 Å². The Morgan fingerprint density at radius 1 is 0.645 bits per heavy atom. The summed E-state index contributed by atoms with van der Waals surface area (Å²) in [4.78, 5) is 0. The van der Waals surface area contributed by atoms with Gasteiger partial charge in [0.25, 0.3) is 0 Å². The van der Waals surface area contributed by atoms with E-state index in [0.29, 0.717) is 11.6 Å². The molecule has 0 radical (unpaired) electrons. The van der Waals surface area contributed by atoms with Crippen LogP contribution >= 0.6 is 6.83 Å². The number of benzene rings is 3. The molecule has 1 heterocycles. The van der Waals surface area contributed by atoms with Crippen LogP contribution in [0.3, 0.4) is 0 Å². The summed E-state index contributed by atoms with van der Waals surface area (Å²) < 4.78 is 7.52. The quantitative estimate of drug-likeness (QED) is 0.438. The van der Waals surface area contributed by atoms with Gasteiger partial charge in [-0.3, -0.25) is 0 Å². The van der Waals surface area contributed by atoms with Crippen LogP contribution in [0.5, 0.6) is 0 Å². The summed E-state index contributed by atoms with van der Waals surface area (Å²) in [6.45, 7) is 3.04. The molecule has 1 aliphatic carbocycles. The predicted molar refractivity (Wildman–Crippen MR) is 137 cm³/mol. The molecule has 0 aromatic heterocycles. The van der Waals surface area contributed by atoms with Gasteiger partial charge in [0, 0.05) is 0 Å². The fraction of sp³-hybridized carbons (Fsp3) is 0.241. The first kappa shape index (κ1) is 21.8. The summed E-state index contributed by atoms with van der Waals surface area (Å²) in [6, 6.07) is 33.0. The minimum absolute atomic E-state index is 0.194. The molecule has 3 aromatic rings. The first-order valence-corrected chi connectivity index (χ1v) is 13.8. The summed E-state index contributed by atoms with van der Waals surface area (Å²) in [5.74, 6) is 0.378. The van der Waals surface area contributed by atoms with Crippen molar-refractivity contribution in [2.75, 3.05) is 0 Å². The van der Waals surface area contributed by atoms with Crippen LogP contribution in [0.2, 0.25) is 0 Å². The van der Waals surface area contributed by atoms with Crippen molar-refractivity contribution in [1.29, 1.82) is 0 Å². The van der Waals surface area contributed by atoms with Gasteiger partial charge in [-0.25, -0.2) is 0 Å². The Morgan fingerprint density at radius 2 is 1.06 bits per heavy atom. The minimum atomic E-state index is -3.22. The van der Waals surface area contributed by atoms with Crippen molar-refractivity contribution in [3.05, 3.63) is 115 Å². The van der Waals surface area contributed by atoms with Crippen molar-refractivity contribution in [3.63, 3.8) is 0 Å². The summed E-state index contributed by atoms with van der Waals surface area (Å²) in [7, 11) is 0. The van der Waals surface area contributed by atoms with Crippen LogP contribution in [-0.4, -0.2) is 11.8 Å². The molecule has 1 aliphatic heterocycles. The first-order chi connectivity index (χ1) is 15.3. The average Bonchev–Trinajstić information content (AvgIpc) is 3.20. The second kappa shape index (κ2) is 8.95. The molecule has 31 heavy (non-hydrogen) atoms. The Bertz CT molecular complexity index is 940. The fourth-order valence-corrected chi connectivity index (χ4v) is 12.5. The summed E-state index contributed by atoms with van der Waals surface area (Å²) in [5, 5.41) is 3.96. The Kier molecular flexibility index (Phi) is 6.28. The number of fused-ring (bicyclic) bond motifs is 1. The van der Waals surface area contributed by atoms with E-state index in [1.165, 1.54) is 15.9 Å². The van der Waals surface area contributed by atoms with E-state index in [1.807, 2.05) is 13.8 Å². The Balaban J connectivity index is 0.00000112. The van der Waals surface area contributed by atoms with Crippen molar-refractivity contribution < 1.29 is 4.52 Å². The fourth-order valence-electron chi connectivity index (χ4n) is 5.54. The van der Waals surface area contributed by atoms with Gasteiger partial charge in [-0.2, -0.15) is 0 Å². The maximum atomic E-state index is 7.52. The summed E-state index contributed by atoms with van der Waals surface area (Å²) in [5.41, 5.74) is 0.295. The van der Waals surface area contributed by atoms with Crippen molar-refractivity contribution in [1.82, 2.24) is 0 Å². The molecule has 2 heteroatoms. The van der Waals surface area contributed by atoms with E-state index < -0.39 is 6.83 Å². The molecule has 5 rings (SSSR count). The van der Waals surface area contributed by atoms with E-state index >= 15 is 0 Å². The topological polar surface area (TPSA) is 9.23 Å². The number of hydrogen-bond donors (Lipinski definition) is 0. The van der Waals surface area contributed by atoms with Crippen LogP contribution in [0.25, 0.3) is 0 Å². The van der Waals surface area contributed by atoms with Crippen LogP contribution in [-0.2, 0) is 4.52 Å². The number of rotatable bonds is 4. The summed E-state index contributed by atoms with van der Waals surface area (Å²) in [6.07, 6.45) is 10.4. The molecule has 1 fully saturated rings. The van der Waals surface area contributed by atoms with Crippen LogP contribution in [0.1, 0.15) is 27.2 Å². The second-order valence-corrected chi connectivity index (χ2v) is 12.6. The Labute approximate surface area is 187 Å². The standard InChI is InChI=1S/C27H27OP.C2H6/c1-2-26-25-20-12-13-21-27(25)29(28-26,22-14-6-3-7-15-22,23-16-8-4-9-17-23)24-18-10-5-11-19-24;1-2/h3-21,25-27H,2H2,1H3;1-2H3/t25-,26?,27?;/m1./s1. The Morgan fingerprint density at radius 3 is 1.48 bits per heavy atom. The molecule has 2 aliphatic rings. The molecule has 0 saturated carbocycles. The third-order valence-corrected chi connectivity index (χ3v) is 13.0. The van der Waals surface area contributed by atoms with E-state index in [-0.39, 0.29) is 6.10 Å². The maximum absolute atomic E-state index is 7.52. The van der Waals surface area contributed by atoms with Gasteiger partial charge in [0.2, 0.25) is 0 Å². The van der Waals surface area contributed by atoms with Gasteiger partial charge < -0.3 is 0 Å². The van der Waals surface area contributed by atoms with Crippen LogP contribution in [0.15, 0.2) is 115 Å². The second-order valence-electron chi connectivity index (χ2n) is 8.00. The van der Waals surface area contributed by atoms with E-state index in [4.69, 9.17) is 4.52 Å². The normalized spacial score (nSPS) is 26.0. The van der Waals surface area contributed by atoms with Gasteiger partial charge >= 0.3 is 174 Å². The summed E-state index contributed by atoms with van der Waals surface area (Å²) >= 11 is 0. The zero-order chi connectivity index (χ0) is 21.8. The predicted octanol–water partition coefficient (Wildman–Crippen LogP) is 6.38. The van der Waals surface area contributed by atoms with E-state index in [2.05, 4.69) is 122 Å². The third kappa shape index (κ3) is 3.06. The van der Waals surface area contributed by atoms with Crippen molar-refractivity contribution in [2.45, 2.75) is 39.0 Å². The van der Waals surface area contributed by atoms with Crippen LogP contribution in [0.4, 0.5) is 0 Å². The van der Waals surface area contributed by atoms with Gasteiger partial charge in [0.1, 0.15) is 0 Å². The average molecular weight is 429 g/mol. The molecule has 1 nitrogen and oxygen atoms in total. The van der Waals surface area contributed by atoms with E-state index in [0.717, 1.165) is 6.42 Å². The number of hydrogen-bond acceptors (Lipinski definition) is 1. The monoisotopic (exact) mass is 428 g/mol.